The molecule has 2 aromatic rings. The molecular weight excluding hydrogens is 432 g/mol. The van der Waals surface area contributed by atoms with E-state index in [4.69, 9.17) is 4.74 Å². The number of carbonyl (C=O) groups is 2. The Morgan fingerprint density at radius 2 is 1.69 bits per heavy atom. The molecule has 172 valence electrons. The predicted octanol–water partition coefficient (Wildman–Crippen LogP) is 0.690. The predicted molar refractivity (Wildman–Crippen MR) is 121 cm³/mol. The molecule has 3 rings (SSSR count). The van der Waals surface area contributed by atoms with Crippen LogP contribution in [0.1, 0.15) is 10.4 Å². The fourth-order valence-electron chi connectivity index (χ4n) is 3.39. The number of rotatable bonds is 9. The van der Waals surface area contributed by atoms with Gasteiger partial charge in [0.2, 0.25) is 15.9 Å². The van der Waals surface area contributed by atoms with Gasteiger partial charge in [0.15, 0.2) is 0 Å². The Bertz CT molecular complexity index is 1020. The minimum Gasteiger partial charge on any atom is -0.383 e. The van der Waals surface area contributed by atoms with Crippen LogP contribution in [0.3, 0.4) is 0 Å². The Morgan fingerprint density at radius 1 is 0.969 bits per heavy atom. The van der Waals surface area contributed by atoms with Crippen LogP contribution >= 0.6 is 0 Å². The molecule has 0 aliphatic carbocycles. The minimum atomic E-state index is -3.74. The summed E-state index contributed by atoms with van der Waals surface area (Å²) in [6.07, 6.45) is 0. The Labute approximate surface area is 188 Å². The Balaban J connectivity index is 1.60. The molecule has 9 nitrogen and oxygen atoms in total. The number of ether oxygens (including phenoxy) is 1. The average molecular weight is 461 g/mol. The summed E-state index contributed by atoms with van der Waals surface area (Å²) in [5.74, 6) is -0.867. The van der Waals surface area contributed by atoms with E-state index in [1.807, 2.05) is 30.3 Å². The van der Waals surface area contributed by atoms with Gasteiger partial charge < -0.3 is 20.3 Å². The lowest BCUT2D eigenvalue weighted by atomic mass is 10.2. The van der Waals surface area contributed by atoms with E-state index in [1.165, 1.54) is 35.7 Å². The molecule has 0 spiro atoms. The summed E-state index contributed by atoms with van der Waals surface area (Å²) in [4.78, 5) is 26.3. The molecular formula is C22H28N4O5S. The zero-order chi connectivity index (χ0) is 23.0. The molecule has 2 N–H and O–H groups in total. The smallest absolute Gasteiger partial charge is 0.251 e. The van der Waals surface area contributed by atoms with Crippen LogP contribution in [0.15, 0.2) is 59.5 Å². The first kappa shape index (κ1) is 23.7. The third kappa shape index (κ3) is 6.06. The van der Waals surface area contributed by atoms with Crippen LogP contribution in [-0.4, -0.2) is 77.5 Å². The van der Waals surface area contributed by atoms with Crippen molar-refractivity contribution in [3.05, 3.63) is 60.2 Å². The molecule has 0 saturated carbocycles. The number of hydrogen-bond donors (Lipinski definition) is 2. The van der Waals surface area contributed by atoms with Crippen molar-refractivity contribution in [2.75, 3.05) is 57.9 Å². The normalized spacial score (nSPS) is 14.7. The molecule has 1 heterocycles. The third-order valence-electron chi connectivity index (χ3n) is 5.13. The van der Waals surface area contributed by atoms with Crippen molar-refractivity contribution in [2.45, 2.75) is 4.90 Å². The zero-order valence-corrected chi connectivity index (χ0v) is 18.8. The highest BCUT2D eigenvalue weighted by Crippen LogP contribution is 2.21. The highest BCUT2D eigenvalue weighted by molar-refractivity contribution is 7.89. The van der Waals surface area contributed by atoms with E-state index < -0.39 is 15.9 Å². The summed E-state index contributed by atoms with van der Waals surface area (Å²) in [5.41, 5.74) is 1.24. The van der Waals surface area contributed by atoms with Crippen LogP contribution in [-0.2, 0) is 19.6 Å². The lowest BCUT2D eigenvalue weighted by molar-refractivity contribution is -0.120. The van der Waals surface area contributed by atoms with E-state index in [0.29, 0.717) is 39.3 Å². The Kier molecular flexibility index (Phi) is 8.20. The van der Waals surface area contributed by atoms with Gasteiger partial charge in [0.1, 0.15) is 0 Å². The van der Waals surface area contributed by atoms with E-state index in [-0.39, 0.29) is 22.9 Å². The number of para-hydroxylation sites is 1. The second kappa shape index (κ2) is 11.1. The number of amides is 2. The second-order valence-corrected chi connectivity index (χ2v) is 9.22. The van der Waals surface area contributed by atoms with Crippen molar-refractivity contribution in [1.82, 2.24) is 14.9 Å². The molecule has 0 bridgehead atoms. The molecule has 10 heteroatoms. The maximum Gasteiger partial charge on any atom is 0.251 e. The standard InChI is InChI=1S/C22H28N4O5S/c1-31-15-10-23-21(27)17-24-22(28)18-6-5-9-20(16-18)32(29,30)26-13-11-25(12-14-26)19-7-3-2-4-8-19/h2-9,16H,10-15,17H2,1H3,(H,23,27)(H,24,28). The van der Waals surface area contributed by atoms with Crippen LogP contribution in [0, 0.1) is 0 Å². The molecule has 2 amide bonds. The topological polar surface area (TPSA) is 108 Å². The molecule has 0 aromatic heterocycles. The van der Waals surface area contributed by atoms with Gasteiger partial charge in [0, 0.05) is 51.1 Å². The van der Waals surface area contributed by atoms with Gasteiger partial charge in [-0.3, -0.25) is 9.59 Å². The Hall–Kier alpha value is -2.95. The minimum absolute atomic E-state index is 0.0582. The fraction of sp³-hybridized carbons (Fsp3) is 0.364. The molecule has 0 radical (unpaired) electrons. The van der Waals surface area contributed by atoms with E-state index in [1.54, 1.807) is 0 Å². The SMILES string of the molecule is COCCNC(=O)CNC(=O)c1cccc(S(=O)(=O)N2CCN(c3ccccc3)CC2)c1. The first-order valence-corrected chi connectivity index (χ1v) is 11.8. The first-order valence-electron chi connectivity index (χ1n) is 10.4. The van der Waals surface area contributed by atoms with Gasteiger partial charge in [0.25, 0.3) is 5.91 Å². The number of anilines is 1. The molecule has 32 heavy (non-hydrogen) atoms. The lowest BCUT2D eigenvalue weighted by Crippen LogP contribution is -2.48. The van der Waals surface area contributed by atoms with Crippen LogP contribution in [0.2, 0.25) is 0 Å². The highest BCUT2D eigenvalue weighted by atomic mass is 32.2. The molecule has 0 atom stereocenters. The van der Waals surface area contributed by atoms with Crippen molar-refractivity contribution in [1.29, 1.82) is 0 Å². The van der Waals surface area contributed by atoms with Gasteiger partial charge in [-0.1, -0.05) is 24.3 Å². The highest BCUT2D eigenvalue weighted by Gasteiger charge is 2.29. The number of nitrogens with one attached hydrogen (secondary N) is 2. The van der Waals surface area contributed by atoms with Crippen molar-refractivity contribution in [2.24, 2.45) is 0 Å². The summed E-state index contributed by atoms with van der Waals surface area (Å²) < 4.78 is 32.5. The molecule has 0 unspecified atom stereocenters. The quantitative estimate of drug-likeness (QED) is 0.533. The third-order valence-corrected chi connectivity index (χ3v) is 7.03. The van der Waals surface area contributed by atoms with Crippen LogP contribution in [0.4, 0.5) is 5.69 Å². The fourth-order valence-corrected chi connectivity index (χ4v) is 4.86. The lowest BCUT2D eigenvalue weighted by Gasteiger charge is -2.35. The van der Waals surface area contributed by atoms with Crippen LogP contribution < -0.4 is 15.5 Å². The van der Waals surface area contributed by atoms with Gasteiger partial charge in [-0.25, -0.2) is 8.42 Å². The summed E-state index contributed by atoms with van der Waals surface area (Å²) in [7, 11) is -2.21. The number of sulfonamides is 1. The second-order valence-electron chi connectivity index (χ2n) is 7.28. The summed E-state index contributed by atoms with van der Waals surface area (Å²) in [6.45, 7) is 2.39. The van der Waals surface area contributed by atoms with E-state index >= 15 is 0 Å². The van der Waals surface area contributed by atoms with Gasteiger partial charge in [-0.2, -0.15) is 4.31 Å². The Morgan fingerprint density at radius 3 is 2.38 bits per heavy atom. The summed E-state index contributed by atoms with van der Waals surface area (Å²) in [6, 6.07) is 15.7. The maximum absolute atomic E-state index is 13.1. The zero-order valence-electron chi connectivity index (χ0n) is 18.0. The molecule has 2 aromatic carbocycles. The average Bonchev–Trinajstić information content (AvgIpc) is 2.83. The van der Waals surface area contributed by atoms with Gasteiger partial charge in [0.05, 0.1) is 18.0 Å². The number of hydrogen-bond acceptors (Lipinski definition) is 6. The number of nitrogens with zero attached hydrogens (tertiary/aromatic N) is 2. The molecule has 1 saturated heterocycles. The van der Waals surface area contributed by atoms with Crippen LogP contribution in [0.25, 0.3) is 0 Å². The van der Waals surface area contributed by atoms with Gasteiger partial charge in [-0.15, -0.1) is 0 Å². The van der Waals surface area contributed by atoms with Gasteiger partial charge in [-0.05, 0) is 30.3 Å². The number of piperazine rings is 1. The van der Waals surface area contributed by atoms with E-state index in [2.05, 4.69) is 15.5 Å². The molecule has 1 fully saturated rings. The summed E-state index contributed by atoms with van der Waals surface area (Å²) >= 11 is 0. The van der Waals surface area contributed by atoms with Crippen molar-refractivity contribution in [3.63, 3.8) is 0 Å². The van der Waals surface area contributed by atoms with Crippen molar-refractivity contribution >= 4 is 27.5 Å². The number of benzene rings is 2. The number of methoxy groups -OCH3 is 1. The van der Waals surface area contributed by atoms with Crippen LogP contribution in [0.5, 0.6) is 0 Å². The van der Waals surface area contributed by atoms with Crippen molar-refractivity contribution < 1.29 is 22.7 Å². The van der Waals surface area contributed by atoms with Gasteiger partial charge >= 0.3 is 0 Å². The number of carbonyl (C=O) groups excluding carboxylic acids is 2. The largest absolute Gasteiger partial charge is 0.383 e. The maximum atomic E-state index is 13.1. The monoisotopic (exact) mass is 460 g/mol. The van der Waals surface area contributed by atoms with E-state index in [9.17, 15) is 18.0 Å². The van der Waals surface area contributed by atoms with Crippen molar-refractivity contribution in [3.8, 4) is 0 Å². The molecule has 1 aliphatic heterocycles. The van der Waals surface area contributed by atoms with E-state index in [0.717, 1.165) is 5.69 Å². The molecule has 1 aliphatic rings. The summed E-state index contributed by atoms with van der Waals surface area (Å²) in [5, 5.41) is 5.10. The first-order chi connectivity index (χ1) is 15.4.